The van der Waals surface area contributed by atoms with Crippen LogP contribution in [0.5, 0.6) is 0 Å². The molecule has 0 bridgehead atoms. The molecule has 0 amide bonds. The van der Waals surface area contributed by atoms with Crippen LogP contribution in [0.1, 0.15) is 20.9 Å². The molecule has 2 aromatic heterocycles. The molecule has 0 fully saturated rings. The highest BCUT2D eigenvalue weighted by Crippen LogP contribution is 2.16. The molecule has 0 radical (unpaired) electrons. The van der Waals surface area contributed by atoms with Gasteiger partial charge >= 0.3 is 5.97 Å². The summed E-state index contributed by atoms with van der Waals surface area (Å²) >= 11 is 1.65. The van der Waals surface area contributed by atoms with Crippen molar-refractivity contribution in [2.75, 3.05) is 0 Å². The number of hydrogen-bond acceptors (Lipinski definition) is 2. The Morgan fingerprint density at radius 1 is 1.60 bits per heavy atom. The molecule has 3 nitrogen and oxygen atoms in total. The number of rotatable bonds is 3. The number of carboxylic acids is 1. The average Bonchev–Trinajstić information content (AvgIpc) is 2.75. The lowest BCUT2D eigenvalue weighted by Gasteiger charge is -2.03. The molecule has 0 aliphatic heterocycles. The van der Waals surface area contributed by atoms with Crippen LogP contribution in [0.15, 0.2) is 29.8 Å². The first-order valence-electron chi connectivity index (χ1n) is 4.59. The Morgan fingerprint density at radius 3 is 3.00 bits per heavy atom. The van der Waals surface area contributed by atoms with Gasteiger partial charge in [-0.25, -0.2) is 4.79 Å². The fraction of sp³-hybridized carbons (Fsp3) is 0.182. The van der Waals surface area contributed by atoms with Gasteiger partial charge in [0.05, 0.1) is 6.54 Å². The van der Waals surface area contributed by atoms with E-state index in [0.717, 1.165) is 0 Å². The number of aromatic carboxylic acids is 1. The first-order valence-corrected chi connectivity index (χ1v) is 5.47. The second-order valence-corrected chi connectivity index (χ2v) is 4.41. The summed E-state index contributed by atoms with van der Waals surface area (Å²) < 4.78 is 1.74. The van der Waals surface area contributed by atoms with E-state index in [1.165, 1.54) is 10.4 Å². The van der Waals surface area contributed by atoms with Crippen molar-refractivity contribution in [3.63, 3.8) is 0 Å². The zero-order valence-electron chi connectivity index (χ0n) is 8.30. The van der Waals surface area contributed by atoms with Crippen LogP contribution in [0.4, 0.5) is 0 Å². The first kappa shape index (κ1) is 9.98. The molecule has 4 heteroatoms. The van der Waals surface area contributed by atoms with Gasteiger partial charge in [-0.2, -0.15) is 0 Å². The third-order valence-corrected chi connectivity index (χ3v) is 3.20. The van der Waals surface area contributed by atoms with Crippen molar-refractivity contribution in [2.24, 2.45) is 0 Å². The molecule has 0 aliphatic carbocycles. The van der Waals surface area contributed by atoms with Gasteiger partial charge in [0, 0.05) is 11.1 Å². The van der Waals surface area contributed by atoms with Crippen molar-refractivity contribution in [1.29, 1.82) is 0 Å². The van der Waals surface area contributed by atoms with E-state index in [2.05, 4.69) is 11.4 Å². The fourth-order valence-electron chi connectivity index (χ4n) is 1.49. The van der Waals surface area contributed by atoms with Crippen molar-refractivity contribution in [1.82, 2.24) is 4.57 Å². The van der Waals surface area contributed by atoms with Crippen LogP contribution in [-0.2, 0) is 6.54 Å². The van der Waals surface area contributed by atoms with Crippen molar-refractivity contribution in [3.05, 3.63) is 45.9 Å². The quantitative estimate of drug-likeness (QED) is 0.865. The minimum atomic E-state index is -0.881. The fourth-order valence-corrected chi connectivity index (χ4v) is 2.36. The maximum absolute atomic E-state index is 10.9. The highest BCUT2D eigenvalue weighted by molar-refractivity contribution is 7.10. The lowest BCUT2D eigenvalue weighted by molar-refractivity contribution is 0.0686. The smallest absolute Gasteiger partial charge is 0.352 e. The monoisotopic (exact) mass is 221 g/mol. The molecule has 0 saturated carbocycles. The Labute approximate surface area is 91.6 Å². The molecule has 15 heavy (non-hydrogen) atoms. The second-order valence-electron chi connectivity index (χ2n) is 3.42. The number of carbonyl (C=O) groups is 1. The Hall–Kier alpha value is -1.55. The number of nitrogens with zero attached hydrogens (tertiary/aromatic N) is 1. The third kappa shape index (κ3) is 2.10. The van der Waals surface area contributed by atoms with Crippen LogP contribution >= 0.6 is 11.3 Å². The lowest BCUT2D eigenvalue weighted by Crippen LogP contribution is -2.07. The summed E-state index contributed by atoms with van der Waals surface area (Å²) in [6.45, 7) is 2.67. The summed E-state index contributed by atoms with van der Waals surface area (Å²) in [5, 5.41) is 11.0. The zero-order valence-corrected chi connectivity index (χ0v) is 9.12. The van der Waals surface area contributed by atoms with E-state index in [4.69, 9.17) is 5.11 Å². The van der Waals surface area contributed by atoms with Gasteiger partial charge in [-0.1, -0.05) is 0 Å². The van der Waals surface area contributed by atoms with Gasteiger partial charge in [-0.05, 0) is 36.1 Å². The second kappa shape index (κ2) is 3.90. The Balaban J connectivity index is 2.24. The summed E-state index contributed by atoms with van der Waals surface area (Å²) in [6, 6.07) is 5.45. The van der Waals surface area contributed by atoms with Gasteiger partial charge < -0.3 is 9.67 Å². The molecule has 0 aliphatic rings. The molecule has 1 N–H and O–H groups in total. The van der Waals surface area contributed by atoms with E-state index in [1.807, 2.05) is 6.92 Å². The van der Waals surface area contributed by atoms with Gasteiger partial charge in [-0.3, -0.25) is 0 Å². The minimum Gasteiger partial charge on any atom is -0.477 e. The van der Waals surface area contributed by atoms with Crippen molar-refractivity contribution >= 4 is 17.3 Å². The predicted octanol–water partition coefficient (Wildman–Crippen LogP) is 2.60. The van der Waals surface area contributed by atoms with Gasteiger partial charge in [0.1, 0.15) is 5.69 Å². The Morgan fingerprint density at radius 2 is 2.40 bits per heavy atom. The van der Waals surface area contributed by atoms with Gasteiger partial charge in [0.25, 0.3) is 0 Å². The molecule has 0 aromatic carbocycles. The maximum Gasteiger partial charge on any atom is 0.352 e. The van der Waals surface area contributed by atoms with Crippen LogP contribution in [0.25, 0.3) is 0 Å². The topological polar surface area (TPSA) is 42.2 Å². The summed E-state index contributed by atoms with van der Waals surface area (Å²) in [6.07, 6.45) is 1.79. The van der Waals surface area contributed by atoms with Crippen molar-refractivity contribution in [3.8, 4) is 0 Å². The van der Waals surface area contributed by atoms with Crippen molar-refractivity contribution in [2.45, 2.75) is 13.5 Å². The number of hydrogen-bond donors (Lipinski definition) is 1. The van der Waals surface area contributed by atoms with Crippen LogP contribution in [-0.4, -0.2) is 15.6 Å². The summed E-state index contributed by atoms with van der Waals surface area (Å²) in [7, 11) is 0. The van der Waals surface area contributed by atoms with Crippen LogP contribution in [0.3, 0.4) is 0 Å². The molecule has 2 rings (SSSR count). The molecular formula is C11H11NO2S. The van der Waals surface area contributed by atoms with E-state index in [-0.39, 0.29) is 0 Å². The molecule has 78 valence electrons. The molecular weight excluding hydrogens is 210 g/mol. The lowest BCUT2D eigenvalue weighted by atomic mass is 10.3. The van der Waals surface area contributed by atoms with Gasteiger partial charge in [0.2, 0.25) is 0 Å². The van der Waals surface area contributed by atoms with E-state index >= 15 is 0 Å². The molecule has 2 aromatic rings. The van der Waals surface area contributed by atoms with E-state index in [9.17, 15) is 4.79 Å². The number of carboxylic acid groups (broad SMARTS) is 1. The molecule has 0 atom stereocenters. The molecule has 0 saturated heterocycles. The first-order chi connectivity index (χ1) is 7.16. The van der Waals surface area contributed by atoms with Gasteiger partial charge in [-0.15, -0.1) is 11.3 Å². The Kier molecular flexibility index (Phi) is 2.60. The van der Waals surface area contributed by atoms with E-state index in [1.54, 1.807) is 34.2 Å². The predicted molar refractivity (Wildman–Crippen MR) is 59.5 cm³/mol. The highest BCUT2D eigenvalue weighted by Gasteiger charge is 2.09. The van der Waals surface area contributed by atoms with E-state index < -0.39 is 5.97 Å². The third-order valence-electron chi connectivity index (χ3n) is 2.16. The zero-order chi connectivity index (χ0) is 10.8. The summed E-state index contributed by atoms with van der Waals surface area (Å²) in [5.41, 5.74) is 1.56. The largest absolute Gasteiger partial charge is 0.477 e. The van der Waals surface area contributed by atoms with Crippen LogP contribution in [0, 0.1) is 6.92 Å². The van der Waals surface area contributed by atoms with Crippen molar-refractivity contribution < 1.29 is 9.90 Å². The minimum absolute atomic E-state index is 0.334. The highest BCUT2D eigenvalue weighted by atomic mass is 32.1. The van der Waals surface area contributed by atoms with Crippen LogP contribution < -0.4 is 0 Å². The number of aromatic nitrogens is 1. The standard InChI is InChI=1S/C11H11NO2S/c1-8-5-9(15-7-8)6-12-4-2-3-10(12)11(13)14/h2-5,7H,6H2,1H3,(H,13,14). The Bertz CT molecular complexity index is 484. The number of thiophene rings is 1. The molecule has 0 unspecified atom stereocenters. The number of aryl methyl sites for hydroxylation is 1. The van der Waals surface area contributed by atoms with E-state index in [0.29, 0.717) is 12.2 Å². The maximum atomic E-state index is 10.9. The summed E-state index contributed by atoms with van der Waals surface area (Å²) in [4.78, 5) is 12.0. The van der Waals surface area contributed by atoms with Gasteiger partial charge in [0.15, 0.2) is 0 Å². The normalized spacial score (nSPS) is 10.5. The molecule has 0 spiro atoms. The molecule has 2 heterocycles. The average molecular weight is 221 g/mol. The summed E-state index contributed by atoms with van der Waals surface area (Å²) in [5.74, 6) is -0.881. The SMILES string of the molecule is Cc1csc(Cn2cccc2C(=O)O)c1. The van der Waals surface area contributed by atoms with Crippen LogP contribution in [0.2, 0.25) is 0 Å².